The summed E-state index contributed by atoms with van der Waals surface area (Å²) in [6.45, 7) is 2.94. The number of amides is 1. The quantitative estimate of drug-likeness (QED) is 0.715. The Balaban J connectivity index is 1.50. The van der Waals surface area contributed by atoms with Crippen molar-refractivity contribution in [1.29, 1.82) is 0 Å². The number of piperidine rings is 1. The zero-order chi connectivity index (χ0) is 18.1. The number of nitrogens with zero attached hydrogens (tertiary/aromatic N) is 3. The monoisotopic (exact) mass is 355 g/mol. The van der Waals surface area contributed by atoms with Crippen LogP contribution in [0.25, 0.3) is 11.6 Å². The van der Waals surface area contributed by atoms with E-state index in [1.807, 2.05) is 13.0 Å². The Morgan fingerprint density at radius 1 is 1.31 bits per heavy atom. The number of hydrogen-bond donors (Lipinski definition) is 0. The van der Waals surface area contributed by atoms with Gasteiger partial charge in [-0.05, 0) is 50.1 Å². The molecule has 1 fully saturated rings. The van der Waals surface area contributed by atoms with Gasteiger partial charge < -0.3 is 13.8 Å². The molecule has 0 saturated carbocycles. The molecular formula is C19H18FN3O3. The van der Waals surface area contributed by atoms with Gasteiger partial charge in [0.2, 0.25) is 11.7 Å². The second kappa shape index (κ2) is 6.74. The summed E-state index contributed by atoms with van der Waals surface area (Å²) in [7, 11) is 0. The Kier molecular flexibility index (Phi) is 4.28. The van der Waals surface area contributed by atoms with Crippen LogP contribution in [0.2, 0.25) is 0 Å². The summed E-state index contributed by atoms with van der Waals surface area (Å²) in [6.07, 6.45) is 1.68. The summed E-state index contributed by atoms with van der Waals surface area (Å²) in [6, 6.07) is 9.39. The molecule has 1 saturated heterocycles. The summed E-state index contributed by atoms with van der Waals surface area (Å²) >= 11 is 0. The Morgan fingerprint density at radius 3 is 2.96 bits per heavy atom. The van der Waals surface area contributed by atoms with Crippen molar-refractivity contribution in [2.45, 2.75) is 25.7 Å². The molecular weight excluding hydrogens is 337 g/mol. The number of furan rings is 1. The van der Waals surface area contributed by atoms with Gasteiger partial charge in [-0.15, -0.1) is 0 Å². The molecule has 1 amide bonds. The average Bonchev–Trinajstić information content (AvgIpc) is 3.30. The molecule has 1 aromatic carbocycles. The summed E-state index contributed by atoms with van der Waals surface area (Å²) in [5.41, 5.74) is 0.350. The van der Waals surface area contributed by atoms with Crippen molar-refractivity contribution in [3.8, 4) is 11.6 Å². The van der Waals surface area contributed by atoms with Crippen LogP contribution in [0.1, 0.15) is 40.8 Å². The lowest BCUT2D eigenvalue weighted by Gasteiger charge is -2.31. The van der Waals surface area contributed by atoms with Crippen molar-refractivity contribution in [3.63, 3.8) is 0 Å². The van der Waals surface area contributed by atoms with Gasteiger partial charge in [-0.1, -0.05) is 11.2 Å². The first-order chi connectivity index (χ1) is 12.6. The first-order valence-corrected chi connectivity index (χ1v) is 8.55. The predicted octanol–water partition coefficient (Wildman–Crippen LogP) is 3.80. The fourth-order valence-electron chi connectivity index (χ4n) is 3.22. The van der Waals surface area contributed by atoms with E-state index in [0.29, 0.717) is 36.1 Å². The number of likely N-dealkylation sites (tertiary alicyclic amines) is 1. The van der Waals surface area contributed by atoms with Gasteiger partial charge in [0.1, 0.15) is 11.6 Å². The maximum Gasteiger partial charge on any atom is 0.253 e. The van der Waals surface area contributed by atoms with Crippen molar-refractivity contribution in [2.75, 3.05) is 13.1 Å². The number of aryl methyl sites for hydroxylation is 1. The van der Waals surface area contributed by atoms with E-state index in [2.05, 4.69) is 10.1 Å². The van der Waals surface area contributed by atoms with Crippen LogP contribution < -0.4 is 0 Å². The zero-order valence-electron chi connectivity index (χ0n) is 14.3. The number of carbonyl (C=O) groups excluding carboxylic acids is 1. The van der Waals surface area contributed by atoms with Crippen molar-refractivity contribution >= 4 is 5.91 Å². The van der Waals surface area contributed by atoms with Crippen LogP contribution in [0.15, 0.2) is 45.3 Å². The minimum absolute atomic E-state index is 0.0430. The van der Waals surface area contributed by atoms with Crippen LogP contribution in [0.3, 0.4) is 0 Å². The molecule has 0 spiro atoms. The zero-order valence-corrected chi connectivity index (χ0v) is 14.3. The van der Waals surface area contributed by atoms with Crippen LogP contribution in [0, 0.1) is 12.7 Å². The normalized spacial score (nSPS) is 17.5. The van der Waals surface area contributed by atoms with Crippen LogP contribution in [-0.2, 0) is 0 Å². The lowest BCUT2D eigenvalue weighted by atomic mass is 9.97. The van der Waals surface area contributed by atoms with Crippen molar-refractivity contribution in [1.82, 2.24) is 15.0 Å². The molecule has 1 unspecified atom stereocenters. The lowest BCUT2D eigenvalue weighted by Crippen LogP contribution is -2.39. The molecule has 3 aromatic rings. The minimum Gasteiger partial charge on any atom is -0.458 e. The molecule has 7 heteroatoms. The Hall–Kier alpha value is -2.96. The maximum absolute atomic E-state index is 13.4. The lowest BCUT2D eigenvalue weighted by molar-refractivity contribution is 0.0695. The molecule has 3 heterocycles. The van der Waals surface area contributed by atoms with E-state index >= 15 is 0 Å². The number of carbonyl (C=O) groups is 1. The largest absolute Gasteiger partial charge is 0.458 e. The third-order valence-electron chi connectivity index (χ3n) is 4.53. The third-order valence-corrected chi connectivity index (χ3v) is 4.53. The van der Waals surface area contributed by atoms with E-state index in [1.165, 1.54) is 12.1 Å². The minimum atomic E-state index is -0.417. The summed E-state index contributed by atoms with van der Waals surface area (Å²) in [5, 5.41) is 3.98. The van der Waals surface area contributed by atoms with E-state index in [9.17, 15) is 9.18 Å². The van der Waals surface area contributed by atoms with E-state index in [0.717, 1.165) is 18.6 Å². The molecule has 0 N–H and O–H groups in total. The maximum atomic E-state index is 13.4. The summed E-state index contributed by atoms with van der Waals surface area (Å²) < 4.78 is 24.3. The van der Waals surface area contributed by atoms with Crippen LogP contribution in [-0.4, -0.2) is 34.0 Å². The Labute approximate surface area is 149 Å². The van der Waals surface area contributed by atoms with Crippen molar-refractivity contribution in [2.24, 2.45) is 0 Å². The van der Waals surface area contributed by atoms with Gasteiger partial charge in [0.05, 0.1) is 5.92 Å². The smallest absolute Gasteiger partial charge is 0.253 e. The topological polar surface area (TPSA) is 72.4 Å². The van der Waals surface area contributed by atoms with E-state index < -0.39 is 5.82 Å². The number of hydrogen-bond acceptors (Lipinski definition) is 5. The summed E-state index contributed by atoms with van der Waals surface area (Å²) in [5.74, 6) is 1.58. The van der Waals surface area contributed by atoms with Gasteiger partial charge in [-0.2, -0.15) is 4.98 Å². The highest BCUT2D eigenvalue weighted by atomic mass is 19.1. The third kappa shape index (κ3) is 3.24. The molecule has 6 nitrogen and oxygen atoms in total. The molecule has 0 aliphatic carbocycles. The SMILES string of the molecule is Cc1ccc(-c2noc(C3CCCN(C(=O)c4cccc(F)c4)C3)n2)o1. The standard InChI is InChI=1S/C19H18FN3O3/c1-12-7-8-16(25-12)17-21-18(26-22-17)14-5-3-9-23(11-14)19(24)13-4-2-6-15(20)10-13/h2,4,6-8,10,14H,3,5,9,11H2,1H3. The first kappa shape index (κ1) is 16.5. The van der Waals surface area contributed by atoms with E-state index in [-0.39, 0.29) is 11.8 Å². The van der Waals surface area contributed by atoms with Gasteiger partial charge in [0.25, 0.3) is 5.91 Å². The molecule has 1 atom stereocenters. The average molecular weight is 355 g/mol. The van der Waals surface area contributed by atoms with Gasteiger partial charge >= 0.3 is 0 Å². The molecule has 1 aliphatic rings. The van der Waals surface area contributed by atoms with Crippen LogP contribution in [0.5, 0.6) is 0 Å². The fraction of sp³-hybridized carbons (Fsp3) is 0.316. The molecule has 0 bridgehead atoms. The Bertz CT molecular complexity index is 934. The Morgan fingerprint density at radius 2 is 2.19 bits per heavy atom. The van der Waals surface area contributed by atoms with Gasteiger partial charge in [-0.3, -0.25) is 4.79 Å². The highest BCUT2D eigenvalue weighted by molar-refractivity contribution is 5.94. The number of rotatable bonds is 3. The highest BCUT2D eigenvalue weighted by Crippen LogP contribution is 2.28. The molecule has 26 heavy (non-hydrogen) atoms. The fourth-order valence-corrected chi connectivity index (χ4v) is 3.22. The van der Waals surface area contributed by atoms with Crippen molar-refractivity contribution < 1.29 is 18.1 Å². The van der Waals surface area contributed by atoms with Crippen molar-refractivity contribution in [3.05, 3.63) is 59.4 Å². The van der Waals surface area contributed by atoms with Gasteiger partial charge in [-0.25, -0.2) is 4.39 Å². The first-order valence-electron chi connectivity index (χ1n) is 8.55. The number of aromatic nitrogens is 2. The molecule has 1 aliphatic heterocycles. The highest BCUT2D eigenvalue weighted by Gasteiger charge is 2.29. The molecule has 4 rings (SSSR count). The molecule has 134 valence electrons. The molecule has 0 radical (unpaired) electrons. The second-order valence-electron chi connectivity index (χ2n) is 6.47. The van der Waals surface area contributed by atoms with E-state index in [4.69, 9.17) is 8.94 Å². The van der Waals surface area contributed by atoms with Gasteiger partial charge in [0, 0.05) is 18.7 Å². The van der Waals surface area contributed by atoms with Gasteiger partial charge in [0.15, 0.2) is 5.76 Å². The number of benzene rings is 1. The second-order valence-corrected chi connectivity index (χ2v) is 6.47. The van der Waals surface area contributed by atoms with Crippen LogP contribution >= 0.6 is 0 Å². The molecule has 2 aromatic heterocycles. The van der Waals surface area contributed by atoms with Crippen LogP contribution in [0.4, 0.5) is 4.39 Å². The number of halogens is 1. The summed E-state index contributed by atoms with van der Waals surface area (Å²) in [4.78, 5) is 18.8. The van der Waals surface area contributed by atoms with E-state index in [1.54, 1.807) is 23.1 Å². The predicted molar refractivity (Wildman–Crippen MR) is 91.0 cm³/mol.